The Labute approximate surface area is 114 Å². The van der Waals surface area contributed by atoms with Gasteiger partial charge in [-0.15, -0.1) is 0 Å². The van der Waals surface area contributed by atoms with Crippen LogP contribution in [0, 0.1) is 5.92 Å². The number of nitrogens with one attached hydrogen (secondary N) is 1. The van der Waals surface area contributed by atoms with E-state index in [2.05, 4.69) is 17.3 Å². The predicted octanol–water partition coefficient (Wildman–Crippen LogP) is 1.30. The summed E-state index contributed by atoms with van der Waals surface area (Å²) < 4.78 is 1.82. The molecular formula is C14H24N4O. The SMILES string of the molecule is CC1CCCC(N)(C(=O)NC(C)Cn2cccn2)C1. The van der Waals surface area contributed by atoms with E-state index in [9.17, 15) is 4.79 Å². The van der Waals surface area contributed by atoms with Gasteiger partial charge in [-0.2, -0.15) is 5.10 Å². The molecule has 0 bridgehead atoms. The van der Waals surface area contributed by atoms with Crippen LogP contribution in [0.5, 0.6) is 0 Å². The molecular weight excluding hydrogens is 240 g/mol. The summed E-state index contributed by atoms with van der Waals surface area (Å²) in [6.07, 6.45) is 7.42. The van der Waals surface area contributed by atoms with Crippen LogP contribution in [0.1, 0.15) is 39.5 Å². The van der Waals surface area contributed by atoms with Crippen molar-refractivity contribution in [1.29, 1.82) is 0 Å². The van der Waals surface area contributed by atoms with Gasteiger partial charge in [0.2, 0.25) is 5.91 Å². The van der Waals surface area contributed by atoms with Crippen molar-refractivity contribution in [3.63, 3.8) is 0 Å². The lowest BCUT2D eigenvalue weighted by Crippen LogP contribution is -2.58. The molecule has 19 heavy (non-hydrogen) atoms. The zero-order valence-corrected chi connectivity index (χ0v) is 11.8. The molecule has 1 fully saturated rings. The molecule has 0 spiro atoms. The number of rotatable bonds is 4. The highest BCUT2D eigenvalue weighted by atomic mass is 16.2. The standard InChI is InChI=1S/C14H24N4O/c1-11-5-3-6-14(15,9-11)13(19)17-12(2)10-18-8-4-7-16-18/h4,7-8,11-12H,3,5-6,9-10,15H2,1-2H3,(H,17,19). The summed E-state index contributed by atoms with van der Waals surface area (Å²) in [4.78, 5) is 12.3. The van der Waals surface area contributed by atoms with Crippen molar-refractivity contribution in [1.82, 2.24) is 15.1 Å². The molecule has 106 valence electrons. The number of amides is 1. The molecule has 2 rings (SSSR count). The molecule has 0 aromatic carbocycles. The second-order valence-corrected chi connectivity index (χ2v) is 5.96. The van der Waals surface area contributed by atoms with Gasteiger partial charge in [-0.25, -0.2) is 0 Å². The minimum atomic E-state index is -0.684. The largest absolute Gasteiger partial charge is 0.350 e. The lowest BCUT2D eigenvalue weighted by molar-refractivity contribution is -0.128. The number of nitrogens with zero attached hydrogens (tertiary/aromatic N) is 2. The molecule has 0 aliphatic heterocycles. The van der Waals surface area contributed by atoms with E-state index in [1.165, 1.54) is 6.42 Å². The number of carbonyl (C=O) groups excluding carboxylic acids is 1. The average Bonchev–Trinajstić information content (AvgIpc) is 2.81. The Morgan fingerprint density at radius 1 is 1.68 bits per heavy atom. The fraction of sp³-hybridized carbons (Fsp3) is 0.714. The van der Waals surface area contributed by atoms with Crippen molar-refractivity contribution in [2.24, 2.45) is 11.7 Å². The van der Waals surface area contributed by atoms with Crippen LogP contribution >= 0.6 is 0 Å². The van der Waals surface area contributed by atoms with E-state index in [0.29, 0.717) is 12.5 Å². The first-order valence-corrected chi connectivity index (χ1v) is 7.07. The summed E-state index contributed by atoms with van der Waals surface area (Å²) in [6.45, 7) is 4.82. The Morgan fingerprint density at radius 3 is 3.11 bits per heavy atom. The van der Waals surface area contributed by atoms with Crippen molar-refractivity contribution in [3.05, 3.63) is 18.5 Å². The third-order valence-electron chi connectivity index (χ3n) is 3.88. The van der Waals surface area contributed by atoms with Gasteiger partial charge in [-0.1, -0.05) is 19.8 Å². The lowest BCUT2D eigenvalue weighted by Gasteiger charge is -2.36. The van der Waals surface area contributed by atoms with Crippen molar-refractivity contribution in [2.45, 2.75) is 57.7 Å². The van der Waals surface area contributed by atoms with Crippen LogP contribution < -0.4 is 11.1 Å². The van der Waals surface area contributed by atoms with Crippen LogP contribution in [-0.2, 0) is 11.3 Å². The first-order valence-electron chi connectivity index (χ1n) is 7.07. The second-order valence-electron chi connectivity index (χ2n) is 5.96. The van der Waals surface area contributed by atoms with Crippen molar-refractivity contribution < 1.29 is 4.79 Å². The number of hydrogen-bond acceptors (Lipinski definition) is 3. The predicted molar refractivity (Wildman–Crippen MR) is 74.4 cm³/mol. The smallest absolute Gasteiger partial charge is 0.240 e. The summed E-state index contributed by atoms with van der Waals surface area (Å²) >= 11 is 0. The first kappa shape index (κ1) is 14.1. The molecule has 0 radical (unpaired) electrons. The molecule has 1 aromatic rings. The third-order valence-corrected chi connectivity index (χ3v) is 3.88. The molecule has 0 saturated heterocycles. The van der Waals surface area contributed by atoms with Crippen LogP contribution in [0.25, 0.3) is 0 Å². The monoisotopic (exact) mass is 264 g/mol. The highest BCUT2D eigenvalue weighted by Crippen LogP contribution is 2.30. The second kappa shape index (κ2) is 5.74. The van der Waals surface area contributed by atoms with Gasteiger partial charge in [0.1, 0.15) is 0 Å². The lowest BCUT2D eigenvalue weighted by atomic mass is 9.76. The van der Waals surface area contributed by atoms with E-state index in [1.807, 2.05) is 23.9 Å². The molecule has 3 atom stereocenters. The quantitative estimate of drug-likeness (QED) is 0.861. The average molecular weight is 264 g/mol. The maximum atomic E-state index is 12.3. The van der Waals surface area contributed by atoms with Gasteiger partial charge in [-0.05, 0) is 31.7 Å². The Morgan fingerprint density at radius 2 is 2.47 bits per heavy atom. The molecule has 1 aliphatic carbocycles. The van der Waals surface area contributed by atoms with E-state index in [0.717, 1.165) is 19.3 Å². The fourth-order valence-corrected chi connectivity index (χ4v) is 2.90. The summed E-state index contributed by atoms with van der Waals surface area (Å²) in [7, 11) is 0. The van der Waals surface area contributed by atoms with Crippen molar-refractivity contribution >= 4 is 5.91 Å². The molecule has 3 N–H and O–H groups in total. The zero-order valence-electron chi connectivity index (χ0n) is 11.8. The van der Waals surface area contributed by atoms with E-state index in [4.69, 9.17) is 5.73 Å². The minimum absolute atomic E-state index is 0.0151. The maximum Gasteiger partial charge on any atom is 0.240 e. The third kappa shape index (κ3) is 3.56. The molecule has 1 aromatic heterocycles. The van der Waals surface area contributed by atoms with Crippen LogP contribution in [-0.4, -0.2) is 27.3 Å². The minimum Gasteiger partial charge on any atom is -0.350 e. The Kier molecular flexibility index (Phi) is 4.24. The van der Waals surface area contributed by atoms with Gasteiger partial charge < -0.3 is 11.1 Å². The van der Waals surface area contributed by atoms with Crippen LogP contribution in [0.3, 0.4) is 0 Å². The summed E-state index contributed by atoms with van der Waals surface area (Å²) in [5.74, 6) is 0.518. The van der Waals surface area contributed by atoms with Gasteiger partial charge in [0.05, 0.1) is 12.1 Å². The van der Waals surface area contributed by atoms with Crippen molar-refractivity contribution in [2.75, 3.05) is 0 Å². The van der Waals surface area contributed by atoms with Gasteiger partial charge in [0, 0.05) is 18.4 Å². The highest BCUT2D eigenvalue weighted by molar-refractivity contribution is 5.86. The number of carbonyl (C=O) groups is 1. The Balaban J connectivity index is 1.89. The molecule has 5 nitrogen and oxygen atoms in total. The zero-order chi connectivity index (χ0) is 13.9. The van der Waals surface area contributed by atoms with E-state index < -0.39 is 5.54 Å². The number of aromatic nitrogens is 2. The molecule has 3 unspecified atom stereocenters. The van der Waals surface area contributed by atoms with E-state index in [-0.39, 0.29) is 11.9 Å². The fourth-order valence-electron chi connectivity index (χ4n) is 2.90. The molecule has 1 aliphatic rings. The van der Waals surface area contributed by atoms with Gasteiger partial charge in [-0.3, -0.25) is 9.48 Å². The Hall–Kier alpha value is -1.36. The van der Waals surface area contributed by atoms with Crippen LogP contribution in [0.4, 0.5) is 0 Å². The maximum absolute atomic E-state index is 12.3. The van der Waals surface area contributed by atoms with Crippen LogP contribution in [0.2, 0.25) is 0 Å². The number of nitrogens with two attached hydrogens (primary N) is 1. The van der Waals surface area contributed by atoms with Gasteiger partial charge in [0.15, 0.2) is 0 Å². The normalized spacial score (nSPS) is 28.9. The first-order chi connectivity index (χ1) is 8.99. The molecule has 1 amide bonds. The highest BCUT2D eigenvalue weighted by Gasteiger charge is 2.38. The van der Waals surface area contributed by atoms with Crippen molar-refractivity contribution in [3.8, 4) is 0 Å². The van der Waals surface area contributed by atoms with E-state index >= 15 is 0 Å². The summed E-state index contributed by atoms with van der Waals surface area (Å²) in [6, 6.07) is 1.91. The summed E-state index contributed by atoms with van der Waals surface area (Å²) in [5.41, 5.74) is 5.60. The molecule has 1 heterocycles. The van der Waals surface area contributed by atoms with Gasteiger partial charge in [0.25, 0.3) is 0 Å². The van der Waals surface area contributed by atoms with E-state index in [1.54, 1.807) is 6.20 Å². The molecule has 1 saturated carbocycles. The van der Waals surface area contributed by atoms with Crippen LogP contribution in [0.15, 0.2) is 18.5 Å². The molecule has 5 heteroatoms. The topological polar surface area (TPSA) is 72.9 Å². The Bertz CT molecular complexity index is 417. The summed E-state index contributed by atoms with van der Waals surface area (Å²) in [5, 5.41) is 7.16. The number of hydrogen-bond donors (Lipinski definition) is 2. The van der Waals surface area contributed by atoms with Gasteiger partial charge >= 0.3 is 0 Å².